The molecule has 16 heavy (non-hydrogen) atoms. The molecule has 88 valence electrons. The minimum Gasteiger partial charge on any atom is -0.303 e. The van der Waals surface area contributed by atoms with E-state index >= 15 is 0 Å². The lowest BCUT2D eigenvalue weighted by Crippen LogP contribution is -2.11. The quantitative estimate of drug-likeness (QED) is 0.449. The van der Waals surface area contributed by atoms with E-state index < -0.39 is 7.82 Å². The molecule has 0 saturated heterocycles. The zero-order chi connectivity index (χ0) is 12.2. The Bertz CT molecular complexity index is 420. The lowest BCUT2D eigenvalue weighted by atomic mass is 10.3. The average molecular weight is 247 g/mol. The van der Waals surface area contributed by atoms with Gasteiger partial charge in [-0.2, -0.15) is 0 Å². The van der Waals surface area contributed by atoms with Crippen LogP contribution in [0.5, 0.6) is 0 Å². The highest BCUT2D eigenvalue weighted by molar-refractivity contribution is 7.46. The third kappa shape index (κ3) is 3.67. The zero-order valence-electron chi connectivity index (χ0n) is 8.35. The summed E-state index contributed by atoms with van der Waals surface area (Å²) in [4.78, 5) is 31.2. The van der Waals surface area contributed by atoms with E-state index in [2.05, 4.69) is 14.8 Å². The van der Waals surface area contributed by atoms with Crippen molar-refractivity contribution in [1.82, 2.24) is 4.98 Å². The lowest BCUT2D eigenvalue weighted by molar-refractivity contribution is 0.189. The van der Waals surface area contributed by atoms with Gasteiger partial charge in [0.2, 0.25) is 0 Å². The number of aromatic nitrogens is 1. The lowest BCUT2D eigenvalue weighted by Gasteiger charge is -2.12. The molecule has 8 nitrogen and oxygen atoms in total. The SMILES string of the molecule is CN(N=O)c1ncccc1COP(=O)(O)O. The van der Waals surface area contributed by atoms with Crippen LogP contribution in [0, 0.1) is 4.91 Å². The van der Waals surface area contributed by atoms with Crippen molar-refractivity contribution in [1.29, 1.82) is 0 Å². The molecule has 1 heterocycles. The summed E-state index contributed by atoms with van der Waals surface area (Å²) < 4.78 is 14.8. The molecular weight excluding hydrogens is 237 g/mol. The third-order valence-electron chi connectivity index (χ3n) is 1.68. The van der Waals surface area contributed by atoms with Crippen LogP contribution >= 0.6 is 7.82 Å². The molecule has 0 amide bonds. The van der Waals surface area contributed by atoms with Crippen LogP contribution in [0.25, 0.3) is 0 Å². The summed E-state index contributed by atoms with van der Waals surface area (Å²) in [5, 5.41) is 3.58. The third-order valence-corrected chi connectivity index (χ3v) is 2.15. The van der Waals surface area contributed by atoms with Crippen LogP contribution < -0.4 is 5.01 Å². The molecule has 1 aromatic rings. The summed E-state index contributed by atoms with van der Waals surface area (Å²) in [6, 6.07) is 3.08. The normalized spacial score (nSPS) is 11.2. The second-order valence-electron chi connectivity index (χ2n) is 2.86. The van der Waals surface area contributed by atoms with Gasteiger partial charge in [-0.25, -0.2) is 14.6 Å². The number of rotatable bonds is 5. The van der Waals surface area contributed by atoms with Gasteiger partial charge in [0.05, 0.1) is 11.9 Å². The topological polar surface area (TPSA) is 112 Å². The van der Waals surface area contributed by atoms with E-state index in [9.17, 15) is 9.47 Å². The van der Waals surface area contributed by atoms with Crippen molar-refractivity contribution in [3.63, 3.8) is 0 Å². The fraction of sp³-hybridized carbons (Fsp3) is 0.286. The minimum absolute atomic E-state index is 0.186. The van der Waals surface area contributed by atoms with E-state index in [1.807, 2.05) is 0 Å². The van der Waals surface area contributed by atoms with Crippen molar-refractivity contribution in [3.8, 4) is 0 Å². The number of hydrogen-bond donors (Lipinski definition) is 2. The summed E-state index contributed by atoms with van der Waals surface area (Å²) in [5.41, 5.74) is 0.355. The molecule has 0 unspecified atom stereocenters. The summed E-state index contributed by atoms with van der Waals surface area (Å²) in [5.74, 6) is 0.186. The number of pyridine rings is 1. The van der Waals surface area contributed by atoms with Gasteiger partial charge >= 0.3 is 7.82 Å². The second kappa shape index (κ2) is 5.13. The Morgan fingerprint density at radius 3 is 2.88 bits per heavy atom. The van der Waals surface area contributed by atoms with Gasteiger partial charge in [0.1, 0.15) is 0 Å². The molecule has 0 aliphatic heterocycles. The maximum absolute atomic E-state index is 10.5. The predicted octanol–water partition coefficient (Wildman–Crippen LogP) is 0.808. The van der Waals surface area contributed by atoms with Crippen LogP contribution in [0.4, 0.5) is 5.82 Å². The number of anilines is 1. The van der Waals surface area contributed by atoms with Crippen molar-refractivity contribution < 1.29 is 18.9 Å². The maximum atomic E-state index is 10.5. The van der Waals surface area contributed by atoms with E-state index in [0.29, 0.717) is 5.56 Å². The van der Waals surface area contributed by atoms with Crippen LogP contribution in [0.1, 0.15) is 5.56 Å². The Balaban J connectivity index is 2.87. The van der Waals surface area contributed by atoms with Crippen LogP contribution in [-0.4, -0.2) is 21.8 Å². The van der Waals surface area contributed by atoms with Gasteiger partial charge < -0.3 is 9.79 Å². The molecule has 2 N–H and O–H groups in total. The number of phosphoric acid groups is 1. The highest BCUT2D eigenvalue weighted by Crippen LogP contribution is 2.37. The molecule has 0 aromatic carbocycles. The number of hydrogen-bond acceptors (Lipinski definition) is 5. The van der Waals surface area contributed by atoms with Crippen LogP contribution in [0.15, 0.2) is 23.6 Å². The van der Waals surface area contributed by atoms with Crippen molar-refractivity contribution >= 4 is 13.6 Å². The van der Waals surface area contributed by atoms with E-state index in [4.69, 9.17) is 9.79 Å². The van der Waals surface area contributed by atoms with Gasteiger partial charge in [0.15, 0.2) is 5.82 Å². The molecule has 0 atom stereocenters. The molecule has 9 heteroatoms. The van der Waals surface area contributed by atoms with Gasteiger partial charge in [-0.1, -0.05) is 6.07 Å². The van der Waals surface area contributed by atoms with Crippen molar-refractivity contribution in [2.24, 2.45) is 5.29 Å². The molecule has 0 aliphatic carbocycles. The Hall–Kier alpha value is -1.34. The molecule has 0 radical (unpaired) electrons. The number of phosphoric ester groups is 1. The first-order valence-corrected chi connectivity index (χ1v) is 5.68. The first-order chi connectivity index (χ1) is 7.44. The molecule has 0 bridgehead atoms. The summed E-state index contributed by atoms with van der Waals surface area (Å²) in [6.07, 6.45) is 1.43. The van der Waals surface area contributed by atoms with Crippen LogP contribution in [0.2, 0.25) is 0 Å². The smallest absolute Gasteiger partial charge is 0.303 e. The fourth-order valence-electron chi connectivity index (χ4n) is 1.03. The van der Waals surface area contributed by atoms with E-state index in [1.165, 1.54) is 19.3 Å². The van der Waals surface area contributed by atoms with Gasteiger partial charge in [-0.15, -0.1) is 4.91 Å². The number of nitroso groups, excluding NO2 is 1. The van der Waals surface area contributed by atoms with Gasteiger partial charge in [0, 0.05) is 18.8 Å². The molecule has 0 aliphatic rings. The van der Waals surface area contributed by atoms with Gasteiger partial charge in [0.25, 0.3) is 0 Å². The standard InChI is InChI=1S/C7H10N3O5P/c1-10(9-11)7-6(3-2-4-8-7)5-15-16(12,13)14/h2-4H,5H2,1H3,(H2,12,13,14). The highest BCUT2D eigenvalue weighted by atomic mass is 31.2. The average Bonchev–Trinajstić information content (AvgIpc) is 2.25. The highest BCUT2D eigenvalue weighted by Gasteiger charge is 2.16. The maximum Gasteiger partial charge on any atom is 0.469 e. The first kappa shape index (κ1) is 12.7. The second-order valence-corrected chi connectivity index (χ2v) is 4.09. The van der Waals surface area contributed by atoms with Crippen molar-refractivity contribution in [2.45, 2.75) is 6.61 Å². The molecule has 1 aromatic heterocycles. The zero-order valence-corrected chi connectivity index (χ0v) is 9.24. The minimum atomic E-state index is -4.54. The fourth-order valence-corrected chi connectivity index (χ4v) is 1.33. The molecule has 1 rings (SSSR count). The monoisotopic (exact) mass is 247 g/mol. The Morgan fingerprint density at radius 2 is 2.31 bits per heavy atom. The first-order valence-electron chi connectivity index (χ1n) is 4.15. The Kier molecular flexibility index (Phi) is 4.08. The molecule has 0 spiro atoms. The van der Waals surface area contributed by atoms with Gasteiger partial charge in [-0.05, 0) is 6.07 Å². The summed E-state index contributed by atoms with van der Waals surface area (Å²) in [6.45, 7) is -0.354. The van der Waals surface area contributed by atoms with E-state index in [0.717, 1.165) is 5.01 Å². The van der Waals surface area contributed by atoms with E-state index in [1.54, 1.807) is 6.07 Å². The van der Waals surface area contributed by atoms with Gasteiger partial charge in [-0.3, -0.25) is 4.52 Å². The van der Waals surface area contributed by atoms with E-state index in [-0.39, 0.29) is 12.4 Å². The van der Waals surface area contributed by atoms with Crippen LogP contribution in [-0.2, 0) is 15.7 Å². The predicted molar refractivity (Wildman–Crippen MR) is 55.3 cm³/mol. The largest absolute Gasteiger partial charge is 0.469 e. The van der Waals surface area contributed by atoms with Crippen molar-refractivity contribution in [2.75, 3.05) is 12.1 Å². The van der Waals surface area contributed by atoms with Crippen LogP contribution in [0.3, 0.4) is 0 Å². The molecule has 0 fully saturated rings. The summed E-state index contributed by atoms with van der Waals surface area (Å²) in [7, 11) is -3.17. The van der Waals surface area contributed by atoms with Crippen molar-refractivity contribution in [3.05, 3.63) is 28.8 Å². The Morgan fingerprint density at radius 1 is 1.62 bits per heavy atom. The summed E-state index contributed by atoms with van der Waals surface area (Å²) >= 11 is 0. The molecular formula is C7H10N3O5P. The molecule has 0 saturated carbocycles. The Labute approximate surface area is 91.1 Å². The number of nitrogens with zero attached hydrogens (tertiary/aromatic N) is 3.